The number of fused-ring (bicyclic) bond motifs is 1. The van der Waals surface area contributed by atoms with Crippen molar-refractivity contribution < 1.29 is 4.74 Å². The molecular weight excluding hydrogens is 340 g/mol. The first-order chi connectivity index (χ1) is 13.1. The fraction of sp³-hybridized carbons (Fsp3) is 0.600. The quantitative estimate of drug-likeness (QED) is 0.882. The van der Waals surface area contributed by atoms with Crippen molar-refractivity contribution in [2.24, 2.45) is 0 Å². The van der Waals surface area contributed by atoms with Crippen LogP contribution in [-0.4, -0.2) is 72.5 Å². The average Bonchev–Trinajstić information content (AvgIpc) is 3.16. The maximum Gasteiger partial charge on any atom is 0.142 e. The fourth-order valence-electron chi connectivity index (χ4n) is 4.22. The number of likely N-dealkylation sites (tertiary alicyclic amines) is 1. The zero-order valence-corrected chi connectivity index (χ0v) is 16.1. The summed E-state index contributed by atoms with van der Waals surface area (Å²) in [6, 6.07) is 8.66. The van der Waals surface area contributed by atoms with Gasteiger partial charge < -0.3 is 19.9 Å². The monoisotopic (exact) mass is 368 g/mol. The summed E-state index contributed by atoms with van der Waals surface area (Å²) < 4.78 is 7.92. The summed E-state index contributed by atoms with van der Waals surface area (Å²) in [4.78, 5) is 4.76. The average molecular weight is 368 g/mol. The van der Waals surface area contributed by atoms with E-state index in [9.17, 15) is 5.26 Å². The smallest absolute Gasteiger partial charge is 0.142 e. The lowest BCUT2D eigenvalue weighted by molar-refractivity contribution is -0.0166. The molecule has 0 aliphatic carbocycles. The molecule has 4 rings (SSSR count). The highest BCUT2D eigenvalue weighted by molar-refractivity contribution is 5.74. The summed E-state index contributed by atoms with van der Waals surface area (Å²) in [5, 5.41) is 17.3. The van der Waals surface area contributed by atoms with Crippen LogP contribution in [0.1, 0.15) is 25.5 Å². The second-order valence-electron chi connectivity index (χ2n) is 7.80. The molecule has 0 radical (unpaired) electrons. The van der Waals surface area contributed by atoms with Gasteiger partial charge in [-0.1, -0.05) is 0 Å². The highest BCUT2D eigenvalue weighted by atomic mass is 16.5. The molecule has 4 heterocycles. The van der Waals surface area contributed by atoms with Crippen molar-refractivity contribution in [1.29, 1.82) is 5.26 Å². The number of aromatic nitrogens is 2. The molecule has 0 unspecified atom stereocenters. The Morgan fingerprint density at radius 1 is 1.26 bits per heavy atom. The summed E-state index contributed by atoms with van der Waals surface area (Å²) in [6.45, 7) is 7.02. The number of hydrogen-bond donors (Lipinski definition) is 1. The Bertz CT molecular complexity index is 819. The van der Waals surface area contributed by atoms with Gasteiger partial charge in [0.2, 0.25) is 0 Å². The molecule has 2 aliphatic heterocycles. The van der Waals surface area contributed by atoms with E-state index in [1.54, 1.807) is 10.7 Å². The van der Waals surface area contributed by atoms with E-state index in [0.29, 0.717) is 11.7 Å². The molecule has 0 amide bonds. The third-order valence-corrected chi connectivity index (χ3v) is 5.67. The van der Waals surface area contributed by atoms with E-state index in [4.69, 9.17) is 4.74 Å². The number of ether oxygens (including phenoxy) is 1. The van der Waals surface area contributed by atoms with Crippen molar-refractivity contribution in [3.05, 3.63) is 30.1 Å². The number of hydrogen-bond acceptors (Lipinski definition) is 6. The van der Waals surface area contributed by atoms with Crippen molar-refractivity contribution in [2.45, 2.75) is 38.0 Å². The van der Waals surface area contributed by atoms with Crippen LogP contribution in [0.3, 0.4) is 0 Å². The Morgan fingerprint density at radius 2 is 2.07 bits per heavy atom. The highest BCUT2D eigenvalue weighted by Crippen LogP contribution is 2.26. The highest BCUT2D eigenvalue weighted by Gasteiger charge is 2.28. The van der Waals surface area contributed by atoms with Crippen LogP contribution in [0.2, 0.25) is 0 Å². The Morgan fingerprint density at radius 3 is 2.85 bits per heavy atom. The SMILES string of the molecule is C[C@@H]1CN(c2ccc(C#N)n3nccc23)C[C@H](CNC2CCN(C)CC2)O1. The van der Waals surface area contributed by atoms with Gasteiger partial charge in [-0.05, 0) is 58.1 Å². The third-order valence-electron chi connectivity index (χ3n) is 5.67. The Hall–Kier alpha value is -2.14. The van der Waals surface area contributed by atoms with Crippen LogP contribution >= 0.6 is 0 Å². The Labute approximate surface area is 160 Å². The normalized spacial score (nSPS) is 25.0. The van der Waals surface area contributed by atoms with Gasteiger partial charge in [0.25, 0.3) is 0 Å². The lowest BCUT2D eigenvalue weighted by atomic mass is 10.1. The number of pyridine rings is 1. The van der Waals surface area contributed by atoms with E-state index < -0.39 is 0 Å². The molecular formula is C20H28N6O. The van der Waals surface area contributed by atoms with Gasteiger partial charge in [0.1, 0.15) is 11.8 Å². The van der Waals surface area contributed by atoms with E-state index in [2.05, 4.69) is 40.3 Å². The van der Waals surface area contributed by atoms with Crippen LogP contribution in [-0.2, 0) is 4.74 Å². The van der Waals surface area contributed by atoms with E-state index in [-0.39, 0.29) is 12.2 Å². The Balaban J connectivity index is 1.45. The Kier molecular flexibility index (Phi) is 5.30. The first kappa shape index (κ1) is 18.2. The van der Waals surface area contributed by atoms with Crippen molar-refractivity contribution in [3.8, 4) is 6.07 Å². The number of rotatable bonds is 4. The largest absolute Gasteiger partial charge is 0.370 e. The van der Waals surface area contributed by atoms with Gasteiger partial charge in [0.15, 0.2) is 0 Å². The van der Waals surface area contributed by atoms with E-state index in [0.717, 1.165) is 43.9 Å². The van der Waals surface area contributed by atoms with E-state index in [1.165, 1.54) is 12.8 Å². The lowest BCUT2D eigenvalue weighted by Crippen LogP contribution is -2.52. The van der Waals surface area contributed by atoms with Crippen LogP contribution < -0.4 is 10.2 Å². The maximum atomic E-state index is 9.29. The number of morpholine rings is 1. The molecule has 2 aromatic rings. The molecule has 2 saturated heterocycles. The number of nitrogens with one attached hydrogen (secondary N) is 1. The first-order valence-electron chi connectivity index (χ1n) is 9.83. The van der Waals surface area contributed by atoms with Gasteiger partial charge in [-0.2, -0.15) is 10.4 Å². The van der Waals surface area contributed by atoms with Gasteiger partial charge in [-0.25, -0.2) is 4.52 Å². The van der Waals surface area contributed by atoms with Crippen LogP contribution in [0.15, 0.2) is 24.4 Å². The van der Waals surface area contributed by atoms with Gasteiger partial charge in [0, 0.05) is 25.7 Å². The second kappa shape index (κ2) is 7.85. The van der Waals surface area contributed by atoms with Crippen molar-refractivity contribution in [3.63, 3.8) is 0 Å². The number of piperidine rings is 1. The molecule has 0 aromatic carbocycles. The number of nitriles is 1. The zero-order valence-electron chi connectivity index (χ0n) is 16.1. The molecule has 0 bridgehead atoms. The standard InChI is InChI=1S/C20H28N6O/c1-15-13-25(19-4-3-17(11-21)26-20(19)5-8-23-26)14-18(27-15)12-22-16-6-9-24(2)10-7-16/h3-5,8,15-16,18,22H,6-7,9-10,12-14H2,1-2H3/t15-,18+/m1/s1. The fourth-order valence-corrected chi connectivity index (χ4v) is 4.22. The topological polar surface area (TPSA) is 68.8 Å². The predicted molar refractivity (Wildman–Crippen MR) is 105 cm³/mol. The zero-order chi connectivity index (χ0) is 18.8. The molecule has 0 saturated carbocycles. The first-order valence-corrected chi connectivity index (χ1v) is 9.83. The van der Waals surface area contributed by atoms with Crippen LogP contribution in [0.25, 0.3) is 5.52 Å². The molecule has 1 N–H and O–H groups in total. The second-order valence-corrected chi connectivity index (χ2v) is 7.80. The lowest BCUT2D eigenvalue weighted by Gasteiger charge is -2.39. The molecule has 2 atom stereocenters. The van der Waals surface area contributed by atoms with Crippen LogP contribution in [0.4, 0.5) is 5.69 Å². The summed E-state index contributed by atoms with van der Waals surface area (Å²) in [5.41, 5.74) is 2.65. The number of nitrogens with zero attached hydrogens (tertiary/aromatic N) is 5. The van der Waals surface area contributed by atoms with E-state index in [1.807, 2.05) is 18.2 Å². The summed E-state index contributed by atoms with van der Waals surface area (Å²) in [5.74, 6) is 0. The summed E-state index contributed by atoms with van der Waals surface area (Å²) in [6.07, 6.45) is 4.49. The molecule has 27 heavy (non-hydrogen) atoms. The molecule has 2 aromatic heterocycles. The molecule has 2 fully saturated rings. The maximum absolute atomic E-state index is 9.29. The number of anilines is 1. The molecule has 7 nitrogen and oxygen atoms in total. The van der Waals surface area contributed by atoms with Crippen LogP contribution in [0.5, 0.6) is 0 Å². The summed E-state index contributed by atoms with van der Waals surface area (Å²) >= 11 is 0. The van der Waals surface area contributed by atoms with Crippen molar-refractivity contribution in [2.75, 3.05) is 44.7 Å². The molecule has 2 aliphatic rings. The van der Waals surface area contributed by atoms with Crippen molar-refractivity contribution >= 4 is 11.2 Å². The minimum absolute atomic E-state index is 0.159. The predicted octanol–water partition coefficient (Wildman–Crippen LogP) is 1.48. The van der Waals surface area contributed by atoms with Crippen LogP contribution in [0, 0.1) is 11.3 Å². The van der Waals surface area contributed by atoms with Gasteiger partial charge >= 0.3 is 0 Å². The van der Waals surface area contributed by atoms with Gasteiger partial charge in [-0.15, -0.1) is 0 Å². The minimum Gasteiger partial charge on any atom is -0.370 e. The molecule has 7 heteroatoms. The minimum atomic E-state index is 0.159. The summed E-state index contributed by atoms with van der Waals surface area (Å²) in [7, 11) is 2.19. The third kappa shape index (κ3) is 3.93. The van der Waals surface area contributed by atoms with Gasteiger partial charge in [0.05, 0.1) is 29.6 Å². The van der Waals surface area contributed by atoms with Crippen molar-refractivity contribution in [1.82, 2.24) is 19.8 Å². The molecule has 144 valence electrons. The van der Waals surface area contributed by atoms with Gasteiger partial charge in [-0.3, -0.25) is 0 Å². The van der Waals surface area contributed by atoms with E-state index >= 15 is 0 Å². The molecule has 0 spiro atoms.